The Balaban J connectivity index is 1.58. The lowest BCUT2D eigenvalue weighted by Gasteiger charge is -2.47. The van der Waals surface area contributed by atoms with Crippen LogP contribution in [0.5, 0.6) is 0 Å². The van der Waals surface area contributed by atoms with Gasteiger partial charge in [0.2, 0.25) is 0 Å². The fourth-order valence-corrected chi connectivity index (χ4v) is 4.22. The number of nitrogens with zero attached hydrogens (tertiary/aromatic N) is 2. The molecule has 2 heterocycles. The van der Waals surface area contributed by atoms with Crippen molar-refractivity contribution in [2.24, 2.45) is 0 Å². The molecule has 4 rings (SSSR count). The summed E-state index contributed by atoms with van der Waals surface area (Å²) in [6.07, 6.45) is 3.01. The average molecular weight is 399 g/mol. The summed E-state index contributed by atoms with van der Waals surface area (Å²) in [5.41, 5.74) is 1.82. The van der Waals surface area contributed by atoms with Crippen LogP contribution in [0.4, 0.5) is 14.5 Å². The Morgan fingerprint density at radius 2 is 2.00 bits per heavy atom. The summed E-state index contributed by atoms with van der Waals surface area (Å²) in [5, 5.41) is 2.63. The molecule has 1 atom stereocenters. The molecule has 0 bridgehead atoms. The van der Waals surface area contributed by atoms with Gasteiger partial charge in [0.15, 0.2) is 0 Å². The van der Waals surface area contributed by atoms with Crippen LogP contribution in [0.1, 0.15) is 52.5 Å². The Labute approximate surface area is 168 Å². The minimum absolute atomic E-state index is 0.00295. The van der Waals surface area contributed by atoms with E-state index in [1.54, 1.807) is 18.2 Å². The number of rotatable bonds is 4. The molecule has 0 radical (unpaired) electrons. The van der Waals surface area contributed by atoms with Crippen LogP contribution < -0.4 is 10.2 Å². The first-order chi connectivity index (χ1) is 14.0. The zero-order valence-corrected chi connectivity index (χ0v) is 16.3. The van der Waals surface area contributed by atoms with Crippen LogP contribution in [0.25, 0.3) is 0 Å². The fourth-order valence-electron chi connectivity index (χ4n) is 4.22. The van der Waals surface area contributed by atoms with Crippen LogP contribution >= 0.6 is 0 Å². The molecule has 2 amide bonds. The third kappa shape index (κ3) is 3.57. The minimum Gasteiger partial charge on any atom is -0.351 e. The molecule has 0 saturated carbocycles. The Morgan fingerprint density at radius 1 is 1.17 bits per heavy atom. The molecule has 2 aromatic carbocycles. The van der Waals surface area contributed by atoms with E-state index in [-0.39, 0.29) is 24.2 Å². The second-order valence-corrected chi connectivity index (χ2v) is 7.41. The van der Waals surface area contributed by atoms with E-state index in [4.69, 9.17) is 0 Å². The highest BCUT2D eigenvalue weighted by Gasteiger charge is 2.38. The number of hydrogen-bond acceptors (Lipinski definition) is 3. The lowest BCUT2D eigenvalue weighted by Crippen LogP contribution is -2.57. The van der Waals surface area contributed by atoms with E-state index in [1.165, 1.54) is 0 Å². The van der Waals surface area contributed by atoms with Crippen LogP contribution in [-0.2, 0) is 6.54 Å². The van der Waals surface area contributed by atoms with Crippen molar-refractivity contribution in [1.82, 2.24) is 10.2 Å². The van der Waals surface area contributed by atoms with Gasteiger partial charge in [0, 0.05) is 30.8 Å². The molecule has 0 aliphatic carbocycles. The van der Waals surface area contributed by atoms with E-state index < -0.39 is 17.5 Å². The highest BCUT2D eigenvalue weighted by atomic mass is 19.1. The monoisotopic (exact) mass is 399 g/mol. The summed E-state index contributed by atoms with van der Waals surface area (Å²) in [6, 6.07) is 8.15. The predicted molar refractivity (Wildman–Crippen MR) is 106 cm³/mol. The van der Waals surface area contributed by atoms with Gasteiger partial charge in [-0.3, -0.25) is 9.59 Å². The number of hydrogen-bond donors (Lipinski definition) is 1. The highest BCUT2D eigenvalue weighted by Crippen LogP contribution is 2.35. The normalized spacial score (nSPS) is 18.3. The maximum atomic E-state index is 13.8. The third-order valence-electron chi connectivity index (χ3n) is 5.68. The van der Waals surface area contributed by atoms with E-state index in [1.807, 2.05) is 11.8 Å². The van der Waals surface area contributed by atoms with Gasteiger partial charge in [0.25, 0.3) is 11.8 Å². The van der Waals surface area contributed by atoms with Crippen LogP contribution in [0.2, 0.25) is 0 Å². The van der Waals surface area contributed by atoms with Crippen molar-refractivity contribution in [2.75, 3.05) is 18.0 Å². The SMILES string of the molecule is CCN1c2cc(C(=O)NCc3cc(F)ccc3F)ccc2C(=O)N2CCCCC21. The first kappa shape index (κ1) is 19.4. The topological polar surface area (TPSA) is 52.7 Å². The number of piperidine rings is 1. The molecule has 7 heteroatoms. The molecule has 5 nitrogen and oxygen atoms in total. The summed E-state index contributed by atoms with van der Waals surface area (Å²) < 4.78 is 27.1. The number of fused-ring (bicyclic) bond motifs is 2. The summed E-state index contributed by atoms with van der Waals surface area (Å²) in [6.45, 7) is 3.39. The second kappa shape index (κ2) is 7.81. The van der Waals surface area contributed by atoms with Gasteiger partial charge in [0.05, 0.1) is 11.3 Å². The number of benzene rings is 2. The maximum Gasteiger partial charge on any atom is 0.257 e. The fraction of sp³-hybridized carbons (Fsp3) is 0.364. The smallest absolute Gasteiger partial charge is 0.257 e. The average Bonchev–Trinajstić information content (AvgIpc) is 2.74. The number of carbonyl (C=O) groups excluding carboxylic acids is 2. The zero-order chi connectivity index (χ0) is 20.5. The van der Waals surface area contributed by atoms with E-state index >= 15 is 0 Å². The number of nitrogens with one attached hydrogen (secondary N) is 1. The summed E-state index contributed by atoms with van der Waals surface area (Å²) >= 11 is 0. The summed E-state index contributed by atoms with van der Waals surface area (Å²) in [4.78, 5) is 29.6. The van der Waals surface area contributed by atoms with E-state index in [0.29, 0.717) is 11.1 Å². The summed E-state index contributed by atoms with van der Waals surface area (Å²) in [7, 11) is 0. The Hall–Kier alpha value is -2.96. The Morgan fingerprint density at radius 3 is 2.79 bits per heavy atom. The van der Waals surface area contributed by atoms with Crippen molar-refractivity contribution in [3.63, 3.8) is 0 Å². The molecule has 1 N–H and O–H groups in total. The first-order valence-electron chi connectivity index (χ1n) is 9.93. The zero-order valence-electron chi connectivity index (χ0n) is 16.3. The first-order valence-corrected chi connectivity index (χ1v) is 9.93. The number of anilines is 1. The van der Waals surface area contributed by atoms with Crippen LogP contribution in [0.3, 0.4) is 0 Å². The lowest BCUT2D eigenvalue weighted by atomic mass is 9.97. The molecule has 0 spiro atoms. The van der Waals surface area contributed by atoms with Crippen LogP contribution in [0.15, 0.2) is 36.4 Å². The Bertz CT molecular complexity index is 963. The lowest BCUT2D eigenvalue weighted by molar-refractivity contribution is 0.0582. The predicted octanol–water partition coefficient (Wildman–Crippen LogP) is 3.69. The van der Waals surface area contributed by atoms with Crippen LogP contribution in [0, 0.1) is 11.6 Å². The largest absolute Gasteiger partial charge is 0.351 e. The molecule has 0 aromatic heterocycles. The molecule has 1 unspecified atom stereocenters. The third-order valence-corrected chi connectivity index (χ3v) is 5.68. The highest BCUT2D eigenvalue weighted by molar-refractivity contribution is 6.04. The number of amides is 2. The van der Waals surface area contributed by atoms with Crippen molar-refractivity contribution in [3.05, 3.63) is 64.7 Å². The quantitative estimate of drug-likeness (QED) is 0.853. The minimum atomic E-state index is -0.572. The Kier molecular flexibility index (Phi) is 5.22. The molecule has 2 aliphatic rings. The maximum absolute atomic E-state index is 13.8. The number of carbonyl (C=O) groups is 2. The van der Waals surface area contributed by atoms with Crippen molar-refractivity contribution in [3.8, 4) is 0 Å². The van der Waals surface area contributed by atoms with Crippen LogP contribution in [-0.4, -0.2) is 36.0 Å². The molecule has 2 aromatic rings. The van der Waals surface area contributed by atoms with E-state index in [2.05, 4.69) is 10.2 Å². The second-order valence-electron chi connectivity index (χ2n) is 7.41. The van der Waals surface area contributed by atoms with Gasteiger partial charge in [-0.05, 0) is 62.6 Å². The van der Waals surface area contributed by atoms with Crippen molar-refractivity contribution >= 4 is 17.5 Å². The molecule has 152 valence electrons. The molecule has 1 saturated heterocycles. The standard InChI is InChI=1S/C22H23F2N3O2/c1-2-26-19-12-14(21(28)25-13-15-11-16(23)7-9-18(15)24)6-8-17(19)22(29)27-10-4-3-5-20(26)27/h6-9,11-12,20H,2-5,10,13H2,1H3,(H,25,28). The van der Waals surface area contributed by atoms with E-state index in [0.717, 1.165) is 56.2 Å². The molecule has 29 heavy (non-hydrogen) atoms. The van der Waals surface area contributed by atoms with Gasteiger partial charge in [-0.2, -0.15) is 0 Å². The van der Waals surface area contributed by atoms with Gasteiger partial charge in [-0.25, -0.2) is 8.78 Å². The van der Waals surface area contributed by atoms with E-state index in [9.17, 15) is 18.4 Å². The van der Waals surface area contributed by atoms with Gasteiger partial charge < -0.3 is 15.1 Å². The van der Waals surface area contributed by atoms with Crippen molar-refractivity contribution in [2.45, 2.75) is 38.9 Å². The molecule has 2 aliphatic heterocycles. The van der Waals surface area contributed by atoms with Gasteiger partial charge in [0.1, 0.15) is 17.8 Å². The number of halogens is 2. The van der Waals surface area contributed by atoms with Gasteiger partial charge in [-0.15, -0.1) is 0 Å². The molecule has 1 fully saturated rings. The van der Waals surface area contributed by atoms with Crippen molar-refractivity contribution < 1.29 is 18.4 Å². The van der Waals surface area contributed by atoms with Gasteiger partial charge in [-0.1, -0.05) is 0 Å². The molecular weight excluding hydrogens is 376 g/mol. The van der Waals surface area contributed by atoms with Crippen molar-refractivity contribution in [1.29, 1.82) is 0 Å². The van der Waals surface area contributed by atoms with Gasteiger partial charge >= 0.3 is 0 Å². The molecular formula is C22H23F2N3O2. The summed E-state index contributed by atoms with van der Waals surface area (Å²) in [5.74, 6) is -1.52.